The van der Waals surface area contributed by atoms with Crippen LogP contribution in [-0.2, 0) is 28.6 Å². The molecule has 0 aliphatic heterocycles. The van der Waals surface area contributed by atoms with E-state index in [1.807, 2.05) is 0 Å². The van der Waals surface area contributed by atoms with Crippen LogP contribution in [0, 0.1) is 0 Å². The summed E-state index contributed by atoms with van der Waals surface area (Å²) < 4.78 is 16.7. The van der Waals surface area contributed by atoms with Crippen LogP contribution < -0.4 is 0 Å². The molecule has 380 valence electrons. The van der Waals surface area contributed by atoms with Gasteiger partial charge in [0.15, 0.2) is 6.10 Å². The van der Waals surface area contributed by atoms with Crippen molar-refractivity contribution in [3.63, 3.8) is 0 Å². The molecule has 0 radical (unpaired) electrons. The van der Waals surface area contributed by atoms with Crippen molar-refractivity contribution in [2.45, 2.75) is 245 Å². The van der Waals surface area contributed by atoms with Crippen molar-refractivity contribution in [1.29, 1.82) is 0 Å². The van der Waals surface area contributed by atoms with Crippen molar-refractivity contribution in [1.82, 2.24) is 0 Å². The van der Waals surface area contributed by atoms with Crippen LogP contribution in [-0.4, -0.2) is 37.2 Å². The fourth-order valence-corrected chi connectivity index (χ4v) is 7.16. The molecule has 0 amide bonds. The molecule has 0 aromatic heterocycles. The number of unbranched alkanes of at least 4 members (excludes halogenated alkanes) is 19. The third kappa shape index (κ3) is 52.9. The number of carbonyl (C=O) groups is 3. The Morgan fingerprint density at radius 3 is 0.940 bits per heavy atom. The summed E-state index contributed by atoms with van der Waals surface area (Å²) in [6.45, 7) is 6.40. The van der Waals surface area contributed by atoms with Crippen molar-refractivity contribution in [2.75, 3.05) is 13.2 Å². The van der Waals surface area contributed by atoms with Crippen molar-refractivity contribution in [2.24, 2.45) is 0 Å². The van der Waals surface area contributed by atoms with Crippen LogP contribution >= 0.6 is 0 Å². The minimum Gasteiger partial charge on any atom is -0.462 e. The van der Waals surface area contributed by atoms with Gasteiger partial charge in [-0.05, 0) is 109 Å². The lowest BCUT2D eigenvalue weighted by Gasteiger charge is -2.18. The van der Waals surface area contributed by atoms with Gasteiger partial charge in [-0.1, -0.05) is 220 Å². The molecule has 6 heteroatoms. The normalized spacial score (nSPS) is 12.9. The summed E-state index contributed by atoms with van der Waals surface area (Å²) >= 11 is 0. The maximum Gasteiger partial charge on any atom is 0.306 e. The summed E-state index contributed by atoms with van der Waals surface area (Å²) in [5.74, 6) is -0.949. The minimum absolute atomic E-state index is 0.0936. The second-order valence-corrected chi connectivity index (χ2v) is 17.8. The van der Waals surface area contributed by atoms with Gasteiger partial charge >= 0.3 is 17.9 Å². The van der Waals surface area contributed by atoms with Gasteiger partial charge in [0.2, 0.25) is 0 Å². The highest BCUT2D eigenvalue weighted by molar-refractivity contribution is 5.71. The third-order valence-corrected chi connectivity index (χ3v) is 11.3. The van der Waals surface area contributed by atoms with Gasteiger partial charge in [-0.3, -0.25) is 14.4 Å². The van der Waals surface area contributed by atoms with E-state index in [1.165, 1.54) is 77.0 Å². The van der Waals surface area contributed by atoms with E-state index >= 15 is 0 Å². The molecule has 0 rings (SSSR count). The monoisotopic (exact) mass is 929 g/mol. The molecule has 0 aliphatic carbocycles. The summed E-state index contributed by atoms with van der Waals surface area (Å²) in [5, 5.41) is 0. The highest BCUT2D eigenvalue weighted by atomic mass is 16.6. The number of hydrogen-bond acceptors (Lipinski definition) is 6. The standard InChI is InChI=1S/C61H100O6/c1-4-7-10-13-16-18-20-22-24-26-28-29-30-31-32-33-34-36-37-39-41-43-45-48-51-54-60(63)66-57-58(56-65-59(62)53-50-47-15-12-9-6-3)67-61(64)55-52-49-46-44-42-40-38-35-27-25-23-21-19-17-14-11-8-5-2/h7,10,16,18-19,21-22,24-25,27-29,31-32,34,36,39,41,58H,4-6,8-9,11-15,17,20,23,26,30,33,35,37-38,40,42-57H2,1-3H3/b10-7-,18-16-,21-19-,24-22-,27-25-,29-28-,32-31-,36-34-,41-39-. The van der Waals surface area contributed by atoms with Crippen LogP contribution in [0.25, 0.3) is 0 Å². The number of hydrogen-bond donors (Lipinski definition) is 0. The van der Waals surface area contributed by atoms with Gasteiger partial charge in [0.05, 0.1) is 0 Å². The molecule has 1 atom stereocenters. The molecule has 0 aromatic rings. The summed E-state index contributed by atoms with van der Waals surface area (Å²) in [4.78, 5) is 37.8. The maximum absolute atomic E-state index is 12.8. The first kappa shape index (κ1) is 63.1. The van der Waals surface area contributed by atoms with E-state index in [9.17, 15) is 14.4 Å². The molecule has 0 spiro atoms. The molecule has 0 aromatic carbocycles. The smallest absolute Gasteiger partial charge is 0.306 e. The lowest BCUT2D eigenvalue weighted by Crippen LogP contribution is -2.30. The van der Waals surface area contributed by atoms with Crippen molar-refractivity contribution < 1.29 is 28.6 Å². The molecule has 0 bridgehead atoms. The second-order valence-electron chi connectivity index (χ2n) is 17.8. The Hall–Kier alpha value is -3.93. The van der Waals surface area contributed by atoms with Crippen LogP contribution in [0.4, 0.5) is 0 Å². The molecule has 0 aliphatic rings. The number of carbonyl (C=O) groups excluding carboxylic acids is 3. The summed E-state index contributed by atoms with van der Waals surface area (Å²) in [6, 6.07) is 0. The third-order valence-electron chi connectivity index (χ3n) is 11.3. The van der Waals surface area contributed by atoms with E-state index in [0.717, 1.165) is 122 Å². The van der Waals surface area contributed by atoms with Crippen LogP contribution in [0.3, 0.4) is 0 Å². The van der Waals surface area contributed by atoms with Gasteiger partial charge in [0, 0.05) is 19.3 Å². The van der Waals surface area contributed by atoms with Crippen LogP contribution in [0.15, 0.2) is 109 Å². The zero-order valence-electron chi connectivity index (χ0n) is 43.4. The number of allylic oxidation sites excluding steroid dienone is 18. The molecule has 67 heavy (non-hydrogen) atoms. The van der Waals surface area contributed by atoms with Gasteiger partial charge in [-0.25, -0.2) is 0 Å². The van der Waals surface area contributed by atoms with Gasteiger partial charge in [-0.2, -0.15) is 0 Å². The van der Waals surface area contributed by atoms with Crippen LogP contribution in [0.2, 0.25) is 0 Å². The highest BCUT2D eigenvalue weighted by Crippen LogP contribution is 2.13. The Labute approximate surface area is 412 Å². The van der Waals surface area contributed by atoms with Gasteiger partial charge in [0.25, 0.3) is 0 Å². The molecule has 1 unspecified atom stereocenters. The van der Waals surface area contributed by atoms with Gasteiger partial charge < -0.3 is 14.2 Å². The molecule has 0 heterocycles. The van der Waals surface area contributed by atoms with E-state index in [-0.39, 0.29) is 31.1 Å². The summed E-state index contributed by atoms with van der Waals surface area (Å²) in [7, 11) is 0. The van der Waals surface area contributed by atoms with Crippen molar-refractivity contribution >= 4 is 17.9 Å². The predicted molar refractivity (Wildman–Crippen MR) is 288 cm³/mol. The molecule has 6 nitrogen and oxygen atoms in total. The molecule has 0 N–H and O–H groups in total. The maximum atomic E-state index is 12.8. The van der Waals surface area contributed by atoms with E-state index in [4.69, 9.17) is 14.2 Å². The lowest BCUT2D eigenvalue weighted by molar-refractivity contribution is -0.167. The first-order valence-corrected chi connectivity index (χ1v) is 27.4. The number of rotatable bonds is 48. The van der Waals surface area contributed by atoms with Gasteiger partial charge in [-0.15, -0.1) is 0 Å². The fraction of sp³-hybridized carbons (Fsp3) is 0.656. The Balaban J connectivity index is 4.28. The summed E-state index contributed by atoms with van der Waals surface area (Å²) in [6.07, 6.45) is 73.9. The molecule has 0 saturated heterocycles. The molecule has 0 saturated carbocycles. The van der Waals surface area contributed by atoms with Crippen molar-refractivity contribution in [3.05, 3.63) is 109 Å². The number of esters is 3. The van der Waals surface area contributed by atoms with Crippen LogP contribution in [0.1, 0.15) is 239 Å². The Kier molecular flexibility index (Phi) is 51.5. The fourth-order valence-electron chi connectivity index (χ4n) is 7.16. The zero-order chi connectivity index (χ0) is 48.6. The van der Waals surface area contributed by atoms with Gasteiger partial charge in [0.1, 0.15) is 13.2 Å². The second kappa shape index (κ2) is 54.7. The zero-order valence-corrected chi connectivity index (χ0v) is 43.4. The highest BCUT2D eigenvalue weighted by Gasteiger charge is 2.19. The van der Waals surface area contributed by atoms with Crippen LogP contribution in [0.5, 0.6) is 0 Å². The van der Waals surface area contributed by atoms with E-state index < -0.39 is 6.10 Å². The largest absolute Gasteiger partial charge is 0.462 e. The Morgan fingerprint density at radius 1 is 0.313 bits per heavy atom. The lowest BCUT2D eigenvalue weighted by atomic mass is 10.1. The molecular weight excluding hydrogens is 829 g/mol. The first-order chi connectivity index (χ1) is 33.0. The average Bonchev–Trinajstić information content (AvgIpc) is 3.33. The average molecular weight is 929 g/mol. The Morgan fingerprint density at radius 2 is 0.582 bits per heavy atom. The topological polar surface area (TPSA) is 78.9 Å². The SMILES string of the molecule is CC/C=C\C/C=C\C/C=C\C/C=C\C/C=C\C/C=C\C/C=C\CCCCCC(=O)OCC(COC(=O)CCCCCCCC)OC(=O)CCCCCCCCC/C=C\C/C=C\CCCCCC. The molecule has 0 fully saturated rings. The first-order valence-electron chi connectivity index (χ1n) is 27.4. The summed E-state index contributed by atoms with van der Waals surface area (Å²) in [5.41, 5.74) is 0. The number of ether oxygens (including phenoxy) is 3. The quantitative estimate of drug-likeness (QED) is 0.0262. The predicted octanol–water partition coefficient (Wildman–Crippen LogP) is 18.3. The minimum atomic E-state index is -0.795. The molecular formula is C61H100O6. The van der Waals surface area contributed by atoms with E-state index in [0.29, 0.717) is 19.3 Å². The Bertz CT molecular complexity index is 1390. The van der Waals surface area contributed by atoms with E-state index in [2.05, 4.69) is 130 Å². The van der Waals surface area contributed by atoms with E-state index in [1.54, 1.807) is 0 Å². The van der Waals surface area contributed by atoms with Crippen molar-refractivity contribution in [3.8, 4) is 0 Å².